The second-order valence-corrected chi connectivity index (χ2v) is 6.41. The molecule has 2 amide bonds. The van der Waals surface area contributed by atoms with Gasteiger partial charge in [-0.3, -0.25) is 9.59 Å². The summed E-state index contributed by atoms with van der Waals surface area (Å²) in [4.78, 5) is 25.1. The van der Waals surface area contributed by atoms with E-state index in [1.54, 1.807) is 45.2 Å². The van der Waals surface area contributed by atoms with Crippen LogP contribution in [0, 0.1) is 5.41 Å². The SMILES string of the molecule is COc1ccc(NC(=O)C(C)(C)C(=O)NC(C)c2ccccc2)cc1. The van der Waals surface area contributed by atoms with Crippen molar-refractivity contribution in [3.05, 3.63) is 60.2 Å². The summed E-state index contributed by atoms with van der Waals surface area (Å²) in [7, 11) is 1.58. The van der Waals surface area contributed by atoms with Crippen LogP contribution in [0.4, 0.5) is 5.69 Å². The third-order valence-corrected chi connectivity index (χ3v) is 4.13. The molecular formula is C20H24N2O3. The van der Waals surface area contributed by atoms with Gasteiger partial charge in [0.1, 0.15) is 11.2 Å². The Morgan fingerprint density at radius 1 is 0.960 bits per heavy atom. The zero-order valence-corrected chi connectivity index (χ0v) is 15.0. The van der Waals surface area contributed by atoms with Gasteiger partial charge in [-0.25, -0.2) is 0 Å². The van der Waals surface area contributed by atoms with E-state index >= 15 is 0 Å². The molecule has 0 heterocycles. The lowest BCUT2D eigenvalue weighted by atomic mass is 9.90. The van der Waals surface area contributed by atoms with Crippen LogP contribution in [0.5, 0.6) is 5.75 Å². The predicted octanol–water partition coefficient (Wildman–Crippen LogP) is 3.54. The molecule has 0 aliphatic rings. The predicted molar refractivity (Wildman–Crippen MR) is 98.4 cm³/mol. The molecule has 0 radical (unpaired) electrons. The Morgan fingerprint density at radius 3 is 2.12 bits per heavy atom. The van der Waals surface area contributed by atoms with Crippen LogP contribution in [0.1, 0.15) is 32.4 Å². The van der Waals surface area contributed by atoms with Crippen molar-refractivity contribution >= 4 is 17.5 Å². The molecule has 5 heteroatoms. The summed E-state index contributed by atoms with van der Waals surface area (Å²) < 4.78 is 5.09. The van der Waals surface area contributed by atoms with Crippen LogP contribution in [0.25, 0.3) is 0 Å². The van der Waals surface area contributed by atoms with Crippen molar-refractivity contribution in [3.8, 4) is 5.75 Å². The van der Waals surface area contributed by atoms with E-state index in [9.17, 15) is 9.59 Å². The fourth-order valence-corrected chi connectivity index (χ4v) is 2.27. The minimum atomic E-state index is -1.21. The molecule has 5 nitrogen and oxygen atoms in total. The van der Waals surface area contributed by atoms with E-state index in [2.05, 4.69) is 10.6 Å². The Morgan fingerprint density at radius 2 is 1.56 bits per heavy atom. The molecule has 132 valence electrons. The Hall–Kier alpha value is -2.82. The standard InChI is InChI=1S/C20H24N2O3/c1-14(15-8-6-5-7-9-15)21-18(23)20(2,3)19(24)22-16-10-12-17(25-4)13-11-16/h5-14H,1-4H3,(H,21,23)(H,22,24). The minimum absolute atomic E-state index is 0.179. The molecule has 2 aromatic rings. The van der Waals surface area contributed by atoms with Crippen molar-refractivity contribution < 1.29 is 14.3 Å². The van der Waals surface area contributed by atoms with Crippen molar-refractivity contribution in [2.45, 2.75) is 26.8 Å². The molecule has 2 rings (SSSR count). The fraction of sp³-hybridized carbons (Fsp3) is 0.300. The maximum atomic E-state index is 12.6. The number of methoxy groups -OCH3 is 1. The topological polar surface area (TPSA) is 67.4 Å². The van der Waals surface area contributed by atoms with Crippen LogP contribution in [-0.2, 0) is 9.59 Å². The summed E-state index contributed by atoms with van der Waals surface area (Å²) in [5.74, 6) is 0.0111. The van der Waals surface area contributed by atoms with Crippen LogP contribution in [-0.4, -0.2) is 18.9 Å². The maximum absolute atomic E-state index is 12.6. The molecule has 0 spiro atoms. The van der Waals surface area contributed by atoms with Gasteiger partial charge in [0.05, 0.1) is 13.2 Å². The number of hydrogen-bond acceptors (Lipinski definition) is 3. The van der Waals surface area contributed by atoms with Crippen LogP contribution >= 0.6 is 0 Å². The number of anilines is 1. The molecule has 25 heavy (non-hydrogen) atoms. The normalized spacial score (nSPS) is 12.2. The highest BCUT2D eigenvalue weighted by atomic mass is 16.5. The Bertz CT molecular complexity index is 724. The van der Waals surface area contributed by atoms with Gasteiger partial charge >= 0.3 is 0 Å². The summed E-state index contributed by atoms with van der Waals surface area (Å²) in [6, 6.07) is 16.4. The molecular weight excluding hydrogens is 316 g/mol. The van der Waals surface area contributed by atoms with Gasteiger partial charge in [-0.2, -0.15) is 0 Å². The highest BCUT2D eigenvalue weighted by Crippen LogP contribution is 2.22. The molecule has 2 N–H and O–H groups in total. The molecule has 0 aliphatic carbocycles. The first-order valence-electron chi connectivity index (χ1n) is 8.16. The first-order valence-corrected chi connectivity index (χ1v) is 8.16. The van der Waals surface area contributed by atoms with Gasteiger partial charge in [0, 0.05) is 5.69 Å². The molecule has 2 aromatic carbocycles. The maximum Gasteiger partial charge on any atom is 0.239 e. The van der Waals surface area contributed by atoms with E-state index in [-0.39, 0.29) is 17.9 Å². The van der Waals surface area contributed by atoms with Gasteiger partial charge in [-0.15, -0.1) is 0 Å². The second-order valence-electron chi connectivity index (χ2n) is 6.41. The van der Waals surface area contributed by atoms with E-state index in [1.165, 1.54) is 0 Å². The minimum Gasteiger partial charge on any atom is -0.497 e. The molecule has 0 saturated heterocycles. The summed E-state index contributed by atoms with van der Waals surface area (Å²) in [6.45, 7) is 5.11. The monoisotopic (exact) mass is 340 g/mol. The third kappa shape index (κ3) is 4.59. The second kappa shape index (κ2) is 7.83. The smallest absolute Gasteiger partial charge is 0.239 e. The first-order chi connectivity index (χ1) is 11.8. The van der Waals surface area contributed by atoms with E-state index in [0.29, 0.717) is 11.4 Å². The van der Waals surface area contributed by atoms with E-state index in [0.717, 1.165) is 5.56 Å². The van der Waals surface area contributed by atoms with Gasteiger partial charge in [0.25, 0.3) is 0 Å². The van der Waals surface area contributed by atoms with Crippen molar-refractivity contribution in [1.29, 1.82) is 0 Å². The van der Waals surface area contributed by atoms with E-state index < -0.39 is 5.41 Å². The number of amides is 2. The molecule has 0 bridgehead atoms. The van der Waals surface area contributed by atoms with Gasteiger partial charge in [-0.1, -0.05) is 30.3 Å². The quantitative estimate of drug-likeness (QED) is 0.791. The first kappa shape index (κ1) is 18.5. The number of carbonyl (C=O) groups is 2. The lowest BCUT2D eigenvalue weighted by molar-refractivity contribution is -0.138. The van der Waals surface area contributed by atoms with Crippen molar-refractivity contribution in [2.75, 3.05) is 12.4 Å². The van der Waals surface area contributed by atoms with Crippen LogP contribution in [0.15, 0.2) is 54.6 Å². The molecule has 1 unspecified atom stereocenters. The number of ether oxygens (including phenoxy) is 1. The van der Waals surface area contributed by atoms with Crippen molar-refractivity contribution in [3.63, 3.8) is 0 Å². The molecule has 0 aromatic heterocycles. The van der Waals surface area contributed by atoms with Gasteiger partial charge in [-0.05, 0) is 50.6 Å². The fourth-order valence-electron chi connectivity index (χ4n) is 2.27. The van der Waals surface area contributed by atoms with Crippen LogP contribution < -0.4 is 15.4 Å². The van der Waals surface area contributed by atoms with Crippen molar-refractivity contribution in [2.24, 2.45) is 5.41 Å². The lowest BCUT2D eigenvalue weighted by Gasteiger charge is -2.25. The lowest BCUT2D eigenvalue weighted by Crippen LogP contribution is -2.45. The summed E-state index contributed by atoms with van der Waals surface area (Å²) in [5.41, 5.74) is 0.396. The number of benzene rings is 2. The van der Waals surface area contributed by atoms with Crippen LogP contribution in [0.2, 0.25) is 0 Å². The van der Waals surface area contributed by atoms with E-state index in [4.69, 9.17) is 4.74 Å². The number of carbonyl (C=O) groups excluding carboxylic acids is 2. The number of hydrogen-bond donors (Lipinski definition) is 2. The summed E-state index contributed by atoms with van der Waals surface area (Å²) in [6.07, 6.45) is 0. The molecule has 1 atom stereocenters. The summed E-state index contributed by atoms with van der Waals surface area (Å²) >= 11 is 0. The highest BCUT2D eigenvalue weighted by Gasteiger charge is 2.36. The van der Waals surface area contributed by atoms with Gasteiger partial charge in [0.15, 0.2) is 0 Å². The van der Waals surface area contributed by atoms with Gasteiger partial charge < -0.3 is 15.4 Å². The largest absolute Gasteiger partial charge is 0.497 e. The zero-order valence-electron chi connectivity index (χ0n) is 15.0. The number of rotatable bonds is 6. The van der Waals surface area contributed by atoms with Crippen molar-refractivity contribution in [1.82, 2.24) is 5.32 Å². The number of nitrogens with one attached hydrogen (secondary N) is 2. The molecule has 0 saturated carbocycles. The average molecular weight is 340 g/mol. The van der Waals surface area contributed by atoms with Crippen LogP contribution in [0.3, 0.4) is 0 Å². The van der Waals surface area contributed by atoms with Gasteiger partial charge in [0.2, 0.25) is 11.8 Å². The third-order valence-electron chi connectivity index (χ3n) is 4.13. The van der Waals surface area contributed by atoms with E-state index in [1.807, 2.05) is 37.3 Å². The molecule has 0 fully saturated rings. The molecule has 0 aliphatic heterocycles. The summed E-state index contributed by atoms with van der Waals surface area (Å²) in [5, 5.41) is 5.67. The highest BCUT2D eigenvalue weighted by molar-refractivity contribution is 6.09. The average Bonchev–Trinajstić information content (AvgIpc) is 2.62. The zero-order chi connectivity index (χ0) is 18.4. The Kier molecular flexibility index (Phi) is 5.80. The Labute approximate surface area is 148 Å². The Balaban J connectivity index is 2.02.